The number of hydrogen-bond donors (Lipinski definition) is 0. The molecule has 5 heteroatoms. The number of unbranched alkanes of at least 4 members (excludes halogenated alkanes) is 4. The van der Waals surface area contributed by atoms with Crippen LogP contribution in [-0.2, 0) is 14.2 Å². The van der Waals surface area contributed by atoms with E-state index in [1.807, 2.05) is 6.07 Å². The van der Waals surface area contributed by atoms with Gasteiger partial charge in [0.15, 0.2) is 6.29 Å². The van der Waals surface area contributed by atoms with E-state index in [9.17, 15) is 4.39 Å². The van der Waals surface area contributed by atoms with Crippen molar-refractivity contribution in [2.45, 2.75) is 51.4 Å². The summed E-state index contributed by atoms with van der Waals surface area (Å²) in [4.78, 5) is 0. The molecule has 1 fully saturated rings. The Balaban J connectivity index is 1.71. The minimum absolute atomic E-state index is 0.0983. The number of benzene rings is 1. The molecule has 1 aromatic carbocycles. The molecule has 2 rings (SSSR count). The Labute approximate surface area is 137 Å². The molecule has 0 atom stereocenters. The second kappa shape index (κ2) is 9.61. The summed E-state index contributed by atoms with van der Waals surface area (Å²) in [5.41, 5.74) is 0.605. The molecule has 0 bridgehead atoms. The van der Waals surface area contributed by atoms with Gasteiger partial charge in [0.1, 0.15) is 11.9 Å². The lowest BCUT2D eigenvalue weighted by molar-refractivity contribution is -0.231. The summed E-state index contributed by atoms with van der Waals surface area (Å²) >= 11 is 0. The Morgan fingerprint density at radius 3 is 2.61 bits per heavy atom. The van der Waals surface area contributed by atoms with Gasteiger partial charge in [-0.05, 0) is 24.6 Å². The zero-order valence-corrected chi connectivity index (χ0v) is 13.6. The van der Waals surface area contributed by atoms with E-state index in [1.165, 1.54) is 37.8 Å². The van der Waals surface area contributed by atoms with Crippen LogP contribution in [0.1, 0.15) is 56.4 Å². The van der Waals surface area contributed by atoms with Crippen LogP contribution in [0.2, 0.25) is 0 Å². The van der Waals surface area contributed by atoms with Gasteiger partial charge in [-0.15, -0.1) is 0 Å². The van der Waals surface area contributed by atoms with Gasteiger partial charge in [0.2, 0.25) is 0 Å². The van der Waals surface area contributed by atoms with E-state index in [0.29, 0.717) is 25.4 Å². The molecular formula is C18H24FNO3. The van der Waals surface area contributed by atoms with Crippen LogP contribution in [0.4, 0.5) is 4.39 Å². The van der Waals surface area contributed by atoms with Gasteiger partial charge in [0.05, 0.1) is 24.8 Å². The van der Waals surface area contributed by atoms with E-state index in [-0.39, 0.29) is 11.7 Å². The van der Waals surface area contributed by atoms with Gasteiger partial charge in [-0.2, -0.15) is 5.26 Å². The largest absolute Gasteiger partial charge is 0.373 e. The van der Waals surface area contributed by atoms with Crippen molar-refractivity contribution in [3.8, 4) is 6.07 Å². The first-order valence-corrected chi connectivity index (χ1v) is 8.29. The van der Waals surface area contributed by atoms with Crippen LogP contribution in [0.3, 0.4) is 0 Å². The number of halogens is 1. The fourth-order valence-corrected chi connectivity index (χ4v) is 2.50. The number of ether oxygens (including phenoxy) is 3. The molecule has 0 N–H and O–H groups in total. The van der Waals surface area contributed by atoms with Crippen LogP contribution in [-0.4, -0.2) is 25.9 Å². The maximum absolute atomic E-state index is 13.9. The highest BCUT2D eigenvalue weighted by molar-refractivity contribution is 5.33. The molecule has 1 aliphatic heterocycles. The Morgan fingerprint density at radius 1 is 1.22 bits per heavy atom. The van der Waals surface area contributed by atoms with Crippen molar-refractivity contribution < 1.29 is 18.6 Å². The zero-order valence-electron chi connectivity index (χ0n) is 13.6. The third kappa shape index (κ3) is 5.58. The fourth-order valence-electron chi connectivity index (χ4n) is 2.50. The third-order valence-electron chi connectivity index (χ3n) is 3.85. The molecule has 0 spiro atoms. The van der Waals surface area contributed by atoms with Crippen LogP contribution >= 0.6 is 0 Å². The van der Waals surface area contributed by atoms with Crippen molar-refractivity contribution >= 4 is 0 Å². The predicted octanol–water partition coefficient (Wildman–Crippen LogP) is 4.10. The lowest BCUT2D eigenvalue weighted by Crippen LogP contribution is -2.34. The lowest BCUT2D eigenvalue weighted by Gasteiger charge is -2.29. The van der Waals surface area contributed by atoms with Gasteiger partial charge in [-0.25, -0.2) is 4.39 Å². The summed E-state index contributed by atoms with van der Waals surface area (Å²) in [6.07, 6.45) is 5.15. The second-order valence-corrected chi connectivity index (χ2v) is 5.75. The number of nitrogens with zero attached hydrogens (tertiary/aromatic N) is 1. The molecule has 4 nitrogen and oxygen atoms in total. The first-order valence-electron chi connectivity index (χ1n) is 8.29. The number of hydrogen-bond acceptors (Lipinski definition) is 4. The molecule has 23 heavy (non-hydrogen) atoms. The van der Waals surface area contributed by atoms with Crippen molar-refractivity contribution in [1.82, 2.24) is 0 Å². The van der Waals surface area contributed by atoms with E-state index in [0.717, 1.165) is 6.42 Å². The minimum Gasteiger partial charge on any atom is -0.373 e. The molecule has 0 unspecified atom stereocenters. The molecular weight excluding hydrogens is 297 g/mol. The molecule has 0 aromatic heterocycles. The van der Waals surface area contributed by atoms with E-state index in [2.05, 4.69) is 6.92 Å². The average molecular weight is 321 g/mol. The van der Waals surface area contributed by atoms with E-state index in [4.69, 9.17) is 19.5 Å². The maximum atomic E-state index is 13.9. The predicted molar refractivity (Wildman–Crippen MR) is 84.3 cm³/mol. The fraction of sp³-hybridized carbons (Fsp3) is 0.611. The van der Waals surface area contributed by atoms with E-state index in [1.54, 1.807) is 6.07 Å². The molecule has 1 saturated heterocycles. The monoisotopic (exact) mass is 321 g/mol. The van der Waals surface area contributed by atoms with Crippen LogP contribution < -0.4 is 0 Å². The van der Waals surface area contributed by atoms with Crippen LogP contribution in [0.15, 0.2) is 18.2 Å². The van der Waals surface area contributed by atoms with Crippen molar-refractivity contribution in [1.29, 1.82) is 5.26 Å². The summed E-state index contributed by atoms with van der Waals surface area (Å²) in [6, 6.07) is 6.19. The Kier molecular flexibility index (Phi) is 7.47. The van der Waals surface area contributed by atoms with Crippen LogP contribution in [0, 0.1) is 17.1 Å². The molecule has 0 amide bonds. The van der Waals surface area contributed by atoms with Gasteiger partial charge >= 0.3 is 0 Å². The van der Waals surface area contributed by atoms with E-state index < -0.39 is 12.1 Å². The first-order chi connectivity index (χ1) is 11.2. The molecule has 1 heterocycles. The first kappa shape index (κ1) is 17.9. The zero-order chi connectivity index (χ0) is 16.5. The Morgan fingerprint density at radius 2 is 1.96 bits per heavy atom. The van der Waals surface area contributed by atoms with Crippen molar-refractivity contribution in [3.63, 3.8) is 0 Å². The Bertz CT molecular complexity index is 521. The molecule has 0 saturated carbocycles. The SMILES string of the molecule is CCCCCCCOC1COC(c2ccc(C#N)cc2F)OC1. The highest BCUT2D eigenvalue weighted by Gasteiger charge is 2.26. The third-order valence-corrected chi connectivity index (χ3v) is 3.85. The maximum Gasteiger partial charge on any atom is 0.186 e. The number of rotatable bonds is 8. The summed E-state index contributed by atoms with van der Waals surface area (Å²) in [7, 11) is 0. The molecule has 0 radical (unpaired) electrons. The highest BCUT2D eigenvalue weighted by Crippen LogP contribution is 2.26. The molecule has 0 aliphatic carbocycles. The summed E-state index contributed by atoms with van der Waals surface area (Å²) < 4.78 is 30.8. The molecule has 1 aromatic rings. The highest BCUT2D eigenvalue weighted by atomic mass is 19.1. The minimum atomic E-state index is -0.729. The summed E-state index contributed by atoms with van der Waals surface area (Å²) in [6.45, 7) is 3.68. The van der Waals surface area contributed by atoms with Crippen molar-refractivity contribution in [3.05, 3.63) is 35.1 Å². The summed E-state index contributed by atoms with van der Waals surface area (Å²) in [5.74, 6) is -0.482. The lowest BCUT2D eigenvalue weighted by atomic mass is 10.1. The van der Waals surface area contributed by atoms with Crippen LogP contribution in [0.25, 0.3) is 0 Å². The molecule has 1 aliphatic rings. The number of nitriles is 1. The second-order valence-electron chi connectivity index (χ2n) is 5.75. The van der Waals surface area contributed by atoms with Crippen molar-refractivity contribution in [2.24, 2.45) is 0 Å². The Hall–Kier alpha value is -1.48. The van der Waals surface area contributed by atoms with Gasteiger partial charge < -0.3 is 14.2 Å². The topological polar surface area (TPSA) is 51.5 Å². The summed E-state index contributed by atoms with van der Waals surface area (Å²) in [5, 5.41) is 8.75. The average Bonchev–Trinajstić information content (AvgIpc) is 2.58. The van der Waals surface area contributed by atoms with Gasteiger partial charge in [-0.3, -0.25) is 0 Å². The smallest absolute Gasteiger partial charge is 0.186 e. The van der Waals surface area contributed by atoms with E-state index >= 15 is 0 Å². The molecule has 126 valence electrons. The van der Waals surface area contributed by atoms with Crippen LogP contribution in [0.5, 0.6) is 0 Å². The van der Waals surface area contributed by atoms with Crippen molar-refractivity contribution in [2.75, 3.05) is 19.8 Å². The normalized spacial score (nSPS) is 21.1. The van der Waals surface area contributed by atoms with Gasteiger partial charge in [-0.1, -0.05) is 32.6 Å². The standard InChI is InChI=1S/C18H24FNO3/c1-2-3-4-5-6-9-21-15-12-22-18(23-13-15)16-8-7-14(11-20)10-17(16)19/h7-8,10,15,18H,2-6,9,12-13H2,1H3. The quantitative estimate of drug-likeness (QED) is 0.676. The van der Waals surface area contributed by atoms with Gasteiger partial charge in [0.25, 0.3) is 0 Å². The van der Waals surface area contributed by atoms with Gasteiger partial charge in [0, 0.05) is 12.2 Å².